The minimum Gasteiger partial charge on any atom is -0.465 e. The Morgan fingerprint density at radius 3 is 2.70 bits per heavy atom. The summed E-state index contributed by atoms with van der Waals surface area (Å²) in [6.07, 6.45) is 2.92. The SMILES string of the molecule is COC(=O)c1ccccc1NC(=O)CSc1nnc(NC(=O)C2CCC2)s1. The minimum atomic E-state index is -0.519. The van der Waals surface area contributed by atoms with Crippen molar-refractivity contribution in [1.29, 1.82) is 0 Å². The van der Waals surface area contributed by atoms with Crippen LogP contribution in [0.1, 0.15) is 29.6 Å². The number of nitrogens with zero attached hydrogens (tertiary/aromatic N) is 2. The zero-order valence-corrected chi connectivity index (χ0v) is 16.2. The van der Waals surface area contributed by atoms with Gasteiger partial charge in [0.25, 0.3) is 0 Å². The van der Waals surface area contributed by atoms with Crippen LogP contribution in [0, 0.1) is 5.92 Å². The first-order valence-corrected chi connectivity index (χ1v) is 10.1. The number of nitrogens with one attached hydrogen (secondary N) is 2. The second kappa shape index (κ2) is 8.96. The van der Waals surface area contributed by atoms with Gasteiger partial charge in [-0.3, -0.25) is 9.59 Å². The molecule has 0 radical (unpaired) electrons. The van der Waals surface area contributed by atoms with Crippen LogP contribution in [0.25, 0.3) is 0 Å². The van der Waals surface area contributed by atoms with Gasteiger partial charge in [0.1, 0.15) is 0 Å². The lowest BCUT2D eigenvalue weighted by Crippen LogP contribution is -2.27. The largest absolute Gasteiger partial charge is 0.465 e. The number of carbonyl (C=O) groups is 3. The van der Waals surface area contributed by atoms with E-state index in [0.717, 1.165) is 19.3 Å². The van der Waals surface area contributed by atoms with E-state index in [-0.39, 0.29) is 29.0 Å². The smallest absolute Gasteiger partial charge is 0.339 e. The predicted octanol–water partition coefficient (Wildman–Crippen LogP) is 2.79. The first-order valence-electron chi connectivity index (χ1n) is 8.31. The van der Waals surface area contributed by atoms with Gasteiger partial charge < -0.3 is 15.4 Å². The van der Waals surface area contributed by atoms with Crippen LogP contribution in [0.2, 0.25) is 0 Å². The fourth-order valence-corrected chi connectivity index (χ4v) is 3.95. The highest BCUT2D eigenvalue weighted by Gasteiger charge is 2.26. The molecule has 27 heavy (non-hydrogen) atoms. The van der Waals surface area contributed by atoms with E-state index >= 15 is 0 Å². The molecule has 3 rings (SSSR count). The Hall–Kier alpha value is -2.46. The number of anilines is 2. The summed E-state index contributed by atoms with van der Waals surface area (Å²) in [5.41, 5.74) is 0.677. The summed E-state index contributed by atoms with van der Waals surface area (Å²) in [5.74, 6) is -0.654. The van der Waals surface area contributed by atoms with Crippen LogP contribution in [-0.2, 0) is 14.3 Å². The van der Waals surface area contributed by atoms with E-state index in [1.165, 1.54) is 30.2 Å². The topological polar surface area (TPSA) is 110 Å². The number of hydrogen-bond acceptors (Lipinski definition) is 8. The van der Waals surface area contributed by atoms with Gasteiger partial charge in [0.2, 0.25) is 16.9 Å². The maximum atomic E-state index is 12.2. The maximum Gasteiger partial charge on any atom is 0.339 e. The number of carbonyl (C=O) groups excluding carboxylic acids is 3. The summed E-state index contributed by atoms with van der Waals surface area (Å²) in [5, 5.41) is 13.8. The molecule has 10 heteroatoms. The Kier molecular flexibility index (Phi) is 6.40. The highest BCUT2D eigenvalue weighted by molar-refractivity contribution is 8.01. The number of benzene rings is 1. The van der Waals surface area contributed by atoms with Gasteiger partial charge in [0, 0.05) is 5.92 Å². The van der Waals surface area contributed by atoms with Gasteiger partial charge in [-0.2, -0.15) is 0 Å². The van der Waals surface area contributed by atoms with Gasteiger partial charge in [0.05, 0.1) is 24.1 Å². The zero-order valence-electron chi connectivity index (χ0n) is 14.6. The van der Waals surface area contributed by atoms with E-state index in [9.17, 15) is 14.4 Å². The van der Waals surface area contributed by atoms with Crippen molar-refractivity contribution in [2.45, 2.75) is 23.6 Å². The Labute approximate surface area is 164 Å². The molecule has 0 saturated heterocycles. The molecule has 0 spiro atoms. The van der Waals surface area contributed by atoms with Crippen molar-refractivity contribution in [1.82, 2.24) is 10.2 Å². The summed E-state index contributed by atoms with van der Waals surface area (Å²) in [6.45, 7) is 0. The third-order valence-corrected chi connectivity index (χ3v) is 6.02. The number of ether oxygens (including phenoxy) is 1. The van der Waals surface area contributed by atoms with Crippen LogP contribution in [0.5, 0.6) is 0 Å². The van der Waals surface area contributed by atoms with E-state index in [4.69, 9.17) is 4.74 Å². The number of esters is 1. The Balaban J connectivity index is 1.51. The molecule has 8 nitrogen and oxygen atoms in total. The van der Waals surface area contributed by atoms with Gasteiger partial charge >= 0.3 is 5.97 Å². The van der Waals surface area contributed by atoms with Gasteiger partial charge in [-0.05, 0) is 25.0 Å². The lowest BCUT2D eigenvalue weighted by molar-refractivity contribution is -0.122. The molecule has 1 aromatic heterocycles. The third kappa shape index (κ3) is 5.04. The van der Waals surface area contributed by atoms with Crippen LogP contribution in [0.3, 0.4) is 0 Å². The zero-order chi connectivity index (χ0) is 19.2. The molecule has 1 aromatic carbocycles. The fraction of sp³-hybridized carbons (Fsp3) is 0.353. The van der Waals surface area contributed by atoms with Crippen molar-refractivity contribution < 1.29 is 19.1 Å². The van der Waals surface area contributed by atoms with Gasteiger partial charge in [0.15, 0.2) is 4.34 Å². The van der Waals surface area contributed by atoms with Gasteiger partial charge in [-0.15, -0.1) is 10.2 Å². The van der Waals surface area contributed by atoms with Gasteiger partial charge in [-0.1, -0.05) is 41.7 Å². The van der Waals surface area contributed by atoms with Crippen molar-refractivity contribution >= 4 is 51.7 Å². The number of thioether (sulfide) groups is 1. The summed E-state index contributed by atoms with van der Waals surface area (Å²) < 4.78 is 5.28. The molecular formula is C17H18N4O4S2. The molecule has 1 saturated carbocycles. The molecule has 0 atom stereocenters. The molecular weight excluding hydrogens is 388 g/mol. The average molecular weight is 406 g/mol. The first kappa shape index (κ1) is 19.3. The monoisotopic (exact) mass is 406 g/mol. The summed E-state index contributed by atoms with van der Waals surface area (Å²) >= 11 is 2.44. The van der Waals surface area contributed by atoms with E-state index in [1.54, 1.807) is 24.3 Å². The summed E-state index contributed by atoms with van der Waals surface area (Å²) in [6, 6.07) is 6.62. The number of aromatic nitrogens is 2. The average Bonchev–Trinajstić information content (AvgIpc) is 3.05. The standard InChI is InChI=1S/C17H18N4O4S2/c1-25-15(24)11-7-2-3-8-12(11)18-13(22)9-26-17-21-20-16(27-17)19-14(23)10-5-4-6-10/h2-3,7-8,10H,4-6,9H2,1H3,(H,18,22)(H,19,20,23). The van der Waals surface area contributed by atoms with E-state index in [2.05, 4.69) is 20.8 Å². The van der Waals surface area contributed by atoms with Crippen molar-refractivity contribution in [2.75, 3.05) is 23.5 Å². The highest BCUT2D eigenvalue weighted by Crippen LogP contribution is 2.30. The van der Waals surface area contributed by atoms with Crippen molar-refractivity contribution in [3.05, 3.63) is 29.8 Å². The molecule has 0 aliphatic heterocycles. The van der Waals surface area contributed by atoms with Crippen LogP contribution in [-0.4, -0.2) is 40.8 Å². The predicted molar refractivity (Wildman–Crippen MR) is 103 cm³/mol. The van der Waals surface area contributed by atoms with Crippen LogP contribution < -0.4 is 10.6 Å². The third-order valence-electron chi connectivity index (χ3n) is 4.05. The van der Waals surface area contributed by atoms with Crippen LogP contribution in [0.4, 0.5) is 10.8 Å². The molecule has 2 N–H and O–H groups in total. The lowest BCUT2D eigenvalue weighted by atomic mass is 9.85. The Morgan fingerprint density at radius 1 is 1.22 bits per heavy atom. The Bertz CT molecular complexity index is 851. The molecule has 1 aliphatic carbocycles. The minimum absolute atomic E-state index is 0.0221. The summed E-state index contributed by atoms with van der Waals surface area (Å²) in [4.78, 5) is 35.8. The number of hydrogen-bond donors (Lipinski definition) is 2. The van der Waals surface area contributed by atoms with E-state index in [1.807, 2.05) is 0 Å². The van der Waals surface area contributed by atoms with Crippen molar-refractivity contribution in [3.8, 4) is 0 Å². The quantitative estimate of drug-likeness (QED) is 0.413. The molecule has 1 aliphatic rings. The number of methoxy groups -OCH3 is 1. The number of rotatable bonds is 7. The molecule has 1 heterocycles. The van der Waals surface area contributed by atoms with Crippen molar-refractivity contribution in [2.24, 2.45) is 5.92 Å². The molecule has 2 aromatic rings. The summed E-state index contributed by atoms with van der Waals surface area (Å²) in [7, 11) is 1.29. The molecule has 2 amide bonds. The molecule has 0 unspecified atom stereocenters. The first-order chi connectivity index (χ1) is 13.1. The molecule has 1 fully saturated rings. The van der Waals surface area contributed by atoms with Gasteiger partial charge in [-0.25, -0.2) is 4.79 Å². The van der Waals surface area contributed by atoms with Crippen LogP contribution in [0.15, 0.2) is 28.6 Å². The van der Waals surface area contributed by atoms with Crippen molar-refractivity contribution in [3.63, 3.8) is 0 Å². The van der Waals surface area contributed by atoms with Crippen LogP contribution >= 0.6 is 23.1 Å². The highest BCUT2D eigenvalue weighted by atomic mass is 32.2. The lowest BCUT2D eigenvalue weighted by Gasteiger charge is -2.23. The normalized spacial score (nSPS) is 13.5. The number of amides is 2. The van der Waals surface area contributed by atoms with E-state index in [0.29, 0.717) is 15.2 Å². The Morgan fingerprint density at radius 2 is 2.00 bits per heavy atom. The fourth-order valence-electron chi connectivity index (χ4n) is 2.39. The second-order valence-electron chi connectivity index (χ2n) is 5.86. The van der Waals surface area contributed by atoms with E-state index < -0.39 is 5.97 Å². The number of para-hydroxylation sites is 1. The molecule has 142 valence electrons. The maximum absolute atomic E-state index is 12.2. The molecule has 0 bridgehead atoms. The second-order valence-corrected chi connectivity index (χ2v) is 8.06.